The highest BCUT2D eigenvalue weighted by Gasteiger charge is 2.24. The number of hydrogen-bond donors (Lipinski definition) is 1. The molecule has 0 radical (unpaired) electrons. The van der Waals surface area contributed by atoms with Crippen molar-refractivity contribution in [2.24, 2.45) is 11.7 Å². The van der Waals surface area contributed by atoms with Gasteiger partial charge in [-0.1, -0.05) is 25.8 Å². The minimum Gasteiger partial charge on any atom is -0.355 e. The van der Waals surface area contributed by atoms with Crippen LogP contribution in [0.4, 0.5) is 14.6 Å². The lowest BCUT2D eigenvalue weighted by Crippen LogP contribution is -2.36. The predicted octanol–water partition coefficient (Wildman–Crippen LogP) is 4.76. The van der Waals surface area contributed by atoms with Gasteiger partial charge in [0.15, 0.2) is 0 Å². The third kappa shape index (κ3) is 5.75. The van der Waals surface area contributed by atoms with Gasteiger partial charge in [0.1, 0.15) is 17.5 Å². The van der Waals surface area contributed by atoms with E-state index in [0.717, 1.165) is 74.2 Å². The Kier molecular flexibility index (Phi) is 8.14. The number of anilines is 1. The van der Waals surface area contributed by atoms with Crippen molar-refractivity contribution in [1.29, 1.82) is 0 Å². The van der Waals surface area contributed by atoms with E-state index in [0.29, 0.717) is 24.4 Å². The monoisotopic (exact) mass is 416 g/mol. The van der Waals surface area contributed by atoms with Crippen molar-refractivity contribution in [3.8, 4) is 0 Å². The van der Waals surface area contributed by atoms with Crippen molar-refractivity contribution in [2.45, 2.75) is 65.2 Å². The third-order valence-corrected chi connectivity index (χ3v) is 6.04. The Morgan fingerprint density at radius 2 is 1.80 bits per heavy atom. The molecule has 0 amide bonds. The maximum atomic E-state index is 14.0. The molecule has 6 heteroatoms. The van der Waals surface area contributed by atoms with Crippen LogP contribution in [0.25, 0.3) is 0 Å². The average molecular weight is 417 g/mol. The van der Waals surface area contributed by atoms with Crippen molar-refractivity contribution in [3.05, 3.63) is 52.5 Å². The van der Waals surface area contributed by atoms with Gasteiger partial charge < -0.3 is 10.6 Å². The van der Waals surface area contributed by atoms with Crippen molar-refractivity contribution in [1.82, 2.24) is 9.97 Å². The van der Waals surface area contributed by atoms with Gasteiger partial charge in [-0.3, -0.25) is 4.98 Å². The first-order chi connectivity index (χ1) is 14.5. The lowest BCUT2D eigenvalue weighted by atomic mass is 9.90. The summed E-state index contributed by atoms with van der Waals surface area (Å²) >= 11 is 0. The van der Waals surface area contributed by atoms with Gasteiger partial charge >= 0.3 is 0 Å². The van der Waals surface area contributed by atoms with Gasteiger partial charge in [-0.05, 0) is 63.1 Å². The molecule has 0 saturated carbocycles. The standard InChI is InChI=1S/C24H34F2N4/c1-3-4-5-6-22-23(9-12-27)29-24(17(2)28-22)30-13-10-18(11-14-30)15-19-7-8-20(25)16-21(19)26/h7-8,16,18H,3-6,9-15,27H2,1-2H3. The number of piperidine rings is 1. The second-order valence-corrected chi connectivity index (χ2v) is 8.39. The summed E-state index contributed by atoms with van der Waals surface area (Å²) in [6.07, 6.45) is 7.81. The Bertz CT molecular complexity index is 832. The molecule has 1 saturated heterocycles. The van der Waals surface area contributed by atoms with E-state index in [1.807, 2.05) is 6.92 Å². The van der Waals surface area contributed by atoms with Crippen LogP contribution in [0.1, 0.15) is 61.7 Å². The van der Waals surface area contributed by atoms with E-state index < -0.39 is 11.6 Å². The first-order valence-corrected chi connectivity index (χ1v) is 11.3. The van der Waals surface area contributed by atoms with Crippen LogP contribution in [0.15, 0.2) is 18.2 Å². The average Bonchev–Trinajstić information content (AvgIpc) is 2.73. The van der Waals surface area contributed by atoms with Gasteiger partial charge in [0.25, 0.3) is 0 Å². The normalized spacial score (nSPS) is 15.0. The molecular formula is C24H34F2N4. The summed E-state index contributed by atoms with van der Waals surface area (Å²) in [5.41, 5.74) is 9.54. The van der Waals surface area contributed by atoms with Crippen molar-refractivity contribution in [2.75, 3.05) is 24.5 Å². The number of benzene rings is 1. The van der Waals surface area contributed by atoms with Gasteiger partial charge in [-0.25, -0.2) is 13.8 Å². The maximum Gasteiger partial charge on any atom is 0.150 e. The number of nitrogens with zero attached hydrogens (tertiary/aromatic N) is 3. The molecule has 0 unspecified atom stereocenters. The second-order valence-electron chi connectivity index (χ2n) is 8.39. The van der Waals surface area contributed by atoms with Gasteiger partial charge in [-0.15, -0.1) is 0 Å². The molecule has 0 atom stereocenters. The van der Waals surface area contributed by atoms with Crippen LogP contribution in [0.3, 0.4) is 0 Å². The Balaban J connectivity index is 1.66. The number of rotatable bonds is 9. The van der Waals surface area contributed by atoms with E-state index in [2.05, 4.69) is 11.8 Å². The lowest BCUT2D eigenvalue weighted by Gasteiger charge is -2.34. The molecule has 1 aromatic heterocycles. The van der Waals surface area contributed by atoms with Crippen LogP contribution in [-0.4, -0.2) is 29.6 Å². The number of aromatic nitrogens is 2. The fraction of sp³-hybridized carbons (Fsp3) is 0.583. The Labute approximate surface area is 178 Å². The summed E-state index contributed by atoms with van der Waals surface area (Å²) in [5.74, 6) is 0.395. The molecule has 2 heterocycles. The maximum absolute atomic E-state index is 14.0. The van der Waals surface area contributed by atoms with Crippen molar-refractivity contribution >= 4 is 5.82 Å². The highest BCUT2D eigenvalue weighted by atomic mass is 19.1. The Hall–Kier alpha value is -2.08. The molecule has 2 N–H and O–H groups in total. The van der Waals surface area contributed by atoms with Gasteiger partial charge in [0.2, 0.25) is 0 Å². The van der Waals surface area contributed by atoms with Crippen LogP contribution in [-0.2, 0) is 19.3 Å². The molecule has 2 aromatic rings. The summed E-state index contributed by atoms with van der Waals surface area (Å²) in [4.78, 5) is 12.2. The van der Waals surface area contributed by atoms with Crippen LogP contribution in [0.2, 0.25) is 0 Å². The van der Waals surface area contributed by atoms with E-state index in [1.54, 1.807) is 6.07 Å². The number of unbranched alkanes of at least 4 members (excludes halogenated alkanes) is 2. The Morgan fingerprint density at radius 1 is 1.07 bits per heavy atom. The van der Waals surface area contributed by atoms with Crippen LogP contribution < -0.4 is 10.6 Å². The molecule has 3 rings (SSSR count). The summed E-state index contributed by atoms with van der Waals surface area (Å²) in [5, 5.41) is 0. The van der Waals surface area contributed by atoms with Gasteiger partial charge in [0, 0.05) is 25.6 Å². The second kappa shape index (κ2) is 10.8. The molecule has 1 aliphatic rings. The molecule has 1 aliphatic heterocycles. The zero-order valence-corrected chi connectivity index (χ0v) is 18.3. The number of nitrogens with two attached hydrogens (primary N) is 1. The van der Waals surface area contributed by atoms with Crippen molar-refractivity contribution < 1.29 is 8.78 Å². The van der Waals surface area contributed by atoms with E-state index in [1.165, 1.54) is 18.9 Å². The fourth-order valence-corrected chi connectivity index (χ4v) is 4.32. The predicted molar refractivity (Wildman–Crippen MR) is 118 cm³/mol. The van der Waals surface area contributed by atoms with Crippen LogP contribution in [0.5, 0.6) is 0 Å². The third-order valence-electron chi connectivity index (χ3n) is 6.04. The summed E-state index contributed by atoms with van der Waals surface area (Å²) in [6, 6.07) is 3.89. The smallest absolute Gasteiger partial charge is 0.150 e. The zero-order valence-electron chi connectivity index (χ0n) is 18.3. The summed E-state index contributed by atoms with van der Waals surface area (Å²) in [7, 11) is 0. The summed E-state index contributed by atoms with van der Waals surface area (Å²) < 4.78 is 27.1. The minimum absolute atomic E-state index is 0.395. The largest absolute Gasteiger partial charge is 0.355 e. The summed E-state index contributed by atoms with van der Waals surface area (Å²) in [6.45, 7) is 6.57. The van der Waals surface area contributed by atoms with E-state index in [-0.39, 0.29) is 0 Å². The van der Waals surface area contributed by atoms with E-state index >= 15 is 0 Å². The topological polar surface area (TPSA) is 55.0 Å². The van der Waals surface area contributed by atoms with E-state index in [4.69, 9.17) is 15.7 Å². The number of halogens is 2. The fourth-order valence-electron chi connectivity index (χ4n) is 4.32. The zero-order chi connectivity index (χ0) is 21.5. The molecule has 1 fully saturated rings. The number of aryl methyl sites for hydroxylation is 2. The van der Waals surface area contributed by atoms with Crippen molar-refractivity contribution in [3.63, 3.8) is 0 Å². The molecule has 0 bridgehead atoms. The molecule has 0 spiro atoms. The first-order valence-electron chi connectivity index (χ1n) is 11.3. The Morgan fingerprint density at radius 3 is 2.47 bits per heavy atom. The molecule has 1 aromatic carbocycles. The number of hydrogen-bond acceptors (Lipinski definition) is 4. The lowest BCUT2D eigenvalue weighted by molar-refractivity contribution is 0.395. The molecule has 4 nitrogen and oxygen atoms in total. The quantitative estimate of drug-likeness (QED) is 0.599. The van der Waals surface area contributed by atoms with Gasteiger partial charge in [0.05, 0.1) is 17.1 Å². The van der Waals surface area contributed by atoms with Crippen LogP contribution >= 0.6 is 0 Å². The molecule has 30 heavy (non-hydrogen) atoms. The van der Waals surface area contributed by atoms with Crippen LogP contribution in [0, 0.1) is 24.5 Å². The minimum atomic E-state index is -0.522. The van der Waals surface area contributed by atoms with E-state index in [9.17, 15) is 8.78 Å². The first kappa shape index (κ1) is 22.6. The highest BCUT2D eigenvalue weighted by Crippen LogP contribution is 2.28. The highest BCUT2D eigenvalue weighted by molar-refractivity contribution is 5.45. The molecular weight excluding hydrogens is 382 g/mol. The molecule has 0 aliphatic carbocycles. The van der Waals surface area contributed by atoms with Gasteiger partial charge in [-0.2, -0.15) is 0 Å². The molecule has 164 valence electrons. The SMILES string of the molecule is CCCCCc1nc(C)c(N2CCC(Cc3ccc(F)cc3F)CC2)nc1CCN.